The molecule has 4 heteroatoms. The first-order valence-corrected chi connectivity index (χ1v) is 24.6. The number of amides is 1. The van der Waals surface area contributed by atoms with Gasteiger partial charge in [-0.25, -0.2) is 0 Å². The summed E-state index contributed by atoms with van der Waals surface area (Å²) in [4.78, 5) is 12.4. The Morgan fingerprint density at radius 2 is 0.722 bits per heavy atom. The average molecular weight is 760 g/mol. The largest absolute Gasteiger partial charge is 0.394 e. The van der Waals surface area contributed by atoms with Gasteiger partial charge in [0.1, 0.15) is 0 Å². The maximum atomic E-state index is 12.4. The molecule has 0 aromatic heterocycles. The first-order valence-electron chi connectivity index (χ1n) is 24.6. The lowest BCUT2D eigenvalue weighted by Crippen LogP contribution is -2.45. The number of aliphatic hydroxyl groups is 2. The van der Waals surface area contributed by atoms with Crippen LogP contribution in [0.3, 0.4) is 0 Å². The van der Waals surface area contributed by atoms with Crippen LogP contribution >= 0.6 is 0 Å². The van der Waals surface area contributed by atoms with Crippen molar-refractivity contribution >= 4 is 5.91 Å². The van der Waals surface area contributed by atoms with Crippen molar-refractivity contribution in [2.45, 2.75) is 283 Å². The number of rotatable bonds is 45. The van der Waals surface area contributed by atoms with Crippen molar-refractivity contribution in [3.8, 4) is 0 Å². The van der Waals surface area contributed by atoms with Crippen LogP contribution in [0.2, 0.25) is 0 Å². The van der Waals surface area contributed by atoms with Crippen LogP contribution in [-0.4, -0.2) is 34.9 Å². The third-order valence-electron chi connectivity index (χ3n) is 11.4. The maximum absolute atomic E-state index is 12.4. The van der Waals surface area contributed by atoms with Crippen LogP contribution in [0.1, 0.15) is 271 Å². The van der Waals surface area contributed by atoms with Gasteiger partial charge in [0.25, 0.3) is 0 Å². The molecule has 0 aromatic rings. The summed E-state index contributed by atoms with van der Waals surface area (Å²) >= 11 is 0. The molecule has 0 aromatic carbocycles. The molecular weight excluding hydrogens is 663 g/mol. The SMILES string of the molecule is CCCCCCCCCCCCC/C=C/CC/C=C/C(O)C(CO)NC(=O)CCCCCCCCCCCCCCCCCCCCCCCCCCC. The molecule has 54 heavy (non-hydrogen) atoms. The number of hydrogen-bond acceptors (Lipinski definition) is 3. The van der Waals surface area contributed by atoms with Gasteiger partial charge < -0.3 is 15.5 Å². The molecule has 4 nitrogen and oxygen atoms in total. The van der Waals surface area contributed by atoms with E-state index in [0.29, 0.717) is 6.42 Å². The van der Waals surface area contributed by atoms with Crippen molar-refractivity contribution in [2.75, 3.05) is 6.61 Å². The third-order valence-corrected chi connectivity index (χ3v) is 11.4. The van der Waals surface area contributed by atoms with Crippen molar-refractivity contribution in [1.29, 1.82) is 0 Å². The van der Waals surface area contributed by atoms with Gasteiger partial charge in [0.15, 0.2) is 0 Å². The third kappa shape index (κ3) is 42.0. The van der Waals surface area contributed by atoms with E-state index in [1.165, 1.54) is 218 Å². The monoisotopic (exact) mass is 760 g/mol. The molecule has 0 saturated carbocycles. The van der Waals surface area contributed by atoms with Crippen LogP contribution in [0.5, 0.6) is 0 Å². The van der Waals surface area contributed by atoms with Gasteiger partial charge in [-0.15, -0.1) is 0 Å². The van der Waals surface area contributed by atoms with E-state index in [0.717, 1.165) is 32.1 Å². The van der Waals surface area contributed by atoms with E-state index in [2.05, 4.69) is 31.3 Å². The van der Waals surface area contributed by atoms with Crippen LogP contribution in [0.25, 0.3) is 0 Å². The summed E-state index contributed by atoms with van der Waals surface area (Å²) in [5.41, 5.74) is 0. The quantitative estimate of drug-likeness (QED) is 0.0428. The number of unbranched alkanes of at least 4 members (excludes halogenated alkanes) is 36. The second-order valence-electron chi connectivity index (χ2n) is 16.9. The zero-order valence-electron chi connectivity index (χ0n) is 36.8. The number of hydrogen-bond donors (Lipinski definition) is 3. The molecule has 0 spiro atoms. The molecular formula is C50H97NO3. The molecule has 0 heterocycles. The van der Waals surface area contributed by atoms with Crippen LogP contribution in [0, 0.1) is 0 Å². The summed E-state index contributed by atoms with van der Waals surface area (Å²) < 4.78 is 0. The van der Waals surface area contributed by atoms with Gasteiger partial charge in [-0.3, -0.25) is 4.79 Å². The standard InChI is InChI=1S/C50H97NO3/c1-3-5-7-9-11-13-15-17-19-21-22-23-24-25-26-27-28-30-32-34-36-38-40-42-44-46-50(54)51-48(47-52)49(53)45-43-41-39-37-35-33-31-29-20-18-16-14-12-10-8-6-4-2/h35,37,43,45,48-49,52-53H,3-34,36,38-42,44,46-47H2,1-2H3,(H,51,54)/b37-35+,45-43+. The van der Waals surface area contributed by atoms with E-state index >= 15 is 0 Å². The van der Waals surface area contributed by atoms with E-state index in [1.807, 2.05) is 6.08 Å². The average Bonchev–Trinajstić information content (AvgIpc) is 3.18. The number of aliphatic hydroxyl groups excluding tert-OH is 2. The molecule has 0 aliphatic rings. The normalized spacial score (nSPS) is 13.0. The molecule has 0 saturated heterocycles. The molecule has 0 rings (SSSR count). The van der Waals surface area contributed by atoms with Gasteiger partial charge in [-0.05, 0) is 32.1 Å². The molecule has 0 bridgehead atoms. The minimum absolute atomic E-state index is 0.0686. The van der Waals surface area contributed by atoms with Gasteiger partial charge in [-0.2, -0.15) is 0 Å². The summed E-state index contributed by atoms with van der Waals surface area (Å²) in [5.74, 6) is -0.0686. The molecule has 0 aliphatic carbocycles. The van der Waals surface area contributed by atoms with Crippen molar-refractivity contribution < 1.29 is 15.0 Å². The van der Waals surface area contributed by atoms with E-state index < -0.39 is 12.1 Å². The number of carbonyl (C=O) groups is 1. The summed E-state index contributed by atoms with van der Waals surface area (Å²) in [6, 6.07) is -0.635. The first-order chi connectivity index (χ1) is 26.7. The zero-order chi connectivity index (χ0) is 39.3. The summed E-state index contributed by atoms with van der Waals surface area (Å²) in [6.07, 6.45) is 60.3. The van der Waals surface area contributed by atoms with Gasteiger partial charge >= 0.3 is 0 Å². The minimum atomic E-state index is -0.858. The van der Waals surface area contributed by atoms with Gasteiger partial charge in [0, 0.05) is 6.42 Å². The topological polar surface area (TPSA) is 69.6 Å². The van der Waals surface area contributed by atoms with Gasteiger partial charge in [-0.1, -0.05) is 256 Å². The van der Waals surface area contributed by atoms with E-state index in [-0.39, 0.29) is 12.5 Å². The molecule has 0 radical (unpaired) electrons. The first kappa shape index (κ1) is 52.9. The second-order valence-corrected chi connectivity index (χ2v) is 16.9. The Bertz CT molecular complexity index is 780. The van der Waals surface area contributed by atoms with Crippen LogP contribution < -0.4 is 5.32 Å². The Kier molecular flexibility index (Phi) is 45.3. The zero-order valence-corrected chi connectivity index (χ0v) is 36.8. The highest BCUT2D eigenvalue weighted by Crippen LogP contribution is 2.17. The molecule has 3 N–H and O–H groups in total. The van der Waals surface area contributed by atoms with Crippen LogP contribution in [0.15, 0.2) is 24.3 Å². The fraction of sp³-hybridized carbons (Fsp3) is 0.900. The molecule has 0 aliphatic heterocycles. The molecule has 0 fully saturated rings. The summed E-state index contributed by atoms with van der Waals surface area (Å²) in [6.45, 7) is 4.32. The molecule has 2 unspecified atom stereocenters. The second kappa shape index (κ2) is 46.3. The lowest BCUT2D eigenvalue weighted by molar-refractivity contribution is -0.123. The summed E-state index contributed by atoms with van der Waals surface area (Å²) in [7, 11) is 0. The Morgan fingerprint density at radius 3 is 1.07 bits per heavy atom. The Hall–Kier alpha value is -1.13. The highest BCUT2D eigenvalue weighted by Gasteiger charge is 2.17. The number of carbonyl (C=O) groups excluding carboxylic acids is 1. The predicted molar refractivity (Wildman–Crippen MR) is 239 cm³/mol. The van der Waals surface area contributed by atoms with Crippen LogP contribution in [0.4, 0.5) is 0 Å². The Balaban J connectivity index is 3.51. The summed E-state index contributed by atoms with van der Waals surface area (Å²) in [5, 5.41) is 23.0. The maximum Gasteiger partial charge on any atom is 0.220 e. The lowest BCUT2D eigenvalue weighted by Gasteiger charge is -2.19. The fourth-order valence-corrected chi connectivity index (χ4v) is 7.67. The molecule has 320 valence electrons. The van der Waals surface area contributed by atoms with Crippen molar-refractivity contribution in [3.05, 3.63) is 24.3 Å². The van der Waals surface area contributed by atoms with Crippen molar-refractivity contribution in [1.82, 2.24) is 5.32 Å². The highest BCUT2D eigenvalue weighted by molar-refractivity contribution is 5.76. The van der Waals surface area contributed by atoms with Crippen molar-refractivity contribution in [3.63, 3.8) is 0 Å². The van der Waals surface area contributed by atoms with E-state index in [9.17, 15) is 15.0 Å². The van der Waals surface area contributed by atoms with Gasteiger partial charge in [0.05, 0.1) is 18.8 Å². The fourth-order valence-electron chi connectivity index (χ4n) is 7.67. The van der Waals surface area contributed by atoms with Crippen LogP contribution in [-0.2, 0) is 4.79 Å². The number of nitrogens with one attached hydrogen (secondary N) is 1. The number of allylic oxidation sites excluding steroid dienone is 3. The Labute approximate surface area is 339 Å². The van der Waals surface area contributed by atoms with E-state index in [1.54, 1.807) is 6.08 Å². The molecule has 2 atom stereocenters. The predicted octanol–water partition coefficient (Wildman–Crippen LogP) is 15.6. The van der Waals surface area contributed by atoms with Crippen molar-refractivity contribution in [2.24, 2.45) is 0 Å². The van der Waals surface area contributed by atoms with E-state index in [4.69, 9.17) is 0 Å². The lowest BCUT2D eigenvalue weighted by atomic mass is 10.0. The minimum Gasteiger partial charge on any atom is -0.394 e. The smallest absolute Gasteiger partial charge is 0.220 e. The highest BCUT2D eigenvalue weighted by atomic mass is 16.3. The Morgan fingerprint density at radius 1 is 0.426 bits per heavy atom. The molecule has 1 amide bonds. The van der Waals surface area contributed by atoms with Gasteiger partial charge in [0.2, 0.25) is 5.91 Å².